The van der Waals surface area contributed by atoms with Crippen LogP contribution in [0.15, 0.2) is 12.4 Å². The van der Waals surface area contributed by atoms with Gasteiger partial charge in [0.15, 0.2) is 11.5 Å². The van der Waals surface area contributed by atoms with Crippen molar-refractivity contribution in [3.8, 4) is 6.07 Å². The Balaban J connectivity index is 2.99. The Kier molecular flexibility index (Phi) is 4.20. The number of hydrogen-bond donors (Lipinski definition) is 2. The third-order valence-corrected chi connectivity index (χ3v) is 2.84. The molecule has 0 atom stereocenters. The lowest BCUT2D eigenvalue weighted by atomic mass is 9.94. The van der Waals surface area contributed by atoms with Crippen molar-refractivity contribution in [2.45, 2.75) is 32.2 Å². The molecule has 0 radical (unpaired) electrons. The van der Waals surface area contributed by atoms with Crippen LogP contribution in [0.4, 0.5) is 5.82 Å². The lowest BCUT2D eigenvalue weighted by Crippen LogP contribution is -2.41. The molecule has 1 rings (SSSR count). The maximum atomic E-state index is 9.41. The fourth-order valence-electron chi connectivity index (χ4n) is 1.45. The first-order valence-electron chi connectivity index (χ1n) is 5.31. The van der Waals surface area contributed by atoms with Gasteiger partial charge in [-0.3, -0.25) is 0 Å². The molecular formula is C11H16N4O. The predicted molar refractivity (Wildman–Crippen MR) is 60.8 cm³/mol. The van der Waals surface area contributed by atoms with Gasteiger partial charge in [-0.25, -0.2) is 9.97 Å². The van der Waals surface area contributed by atoms with Gasteiger partial charge >= 0.3 is 0 Å². The van der Waals surface area contributed by atoms with Crippen LogP contribution in [0.5, 0.6) is 0 Å². The standard InChI is InChI=1S/C11H16N4O/c1-3-11(4-2,8-16)15-10-9(7-12)13-5-6-14-10/h5-6,16H,3-4,8H2,1-2H3,(H,14,15). The van der Waals surface area contributed by atoms with Gasteiger partial charge in [0, 0.05) is 12.4 Å². The van der Waals surface area contributed by atoms with Gasteiger partial charge in [-0.2, -0.15) is 5.26 Å². The second-order valence-corrected chi connectivity index (χ2v) is 3.64. The van der Waals surface area contributed by atoms with Crippen LogP contribution in [0.25, 0.3) is 0 Å². The van der Waals surface area contributed by atoms with Gasteiger partial charge in [0.25, 0.3) is 0 Å². The summed E-state index contributed by atoms with van der Waals surface area (Å²) in [6, 6.07) is 1.97. The number of anilines is 1. The molecule has 0 aliphatic rings. The fraction of sp³-hybridized carbons (Fsp3) is 0.545. The van der Waals surface area contributed by atoms with E-state index in [-0.39, 0.29) is 12.3 Å². The maximum absolute atomic E-state index is 9.41. The zero-order chi connectivity index (χ0) is 12.0. The average molecular weight is 220 g/mol. The minimum Gasteiger partial charge on any atom is -0.394 e. The molecule has 0 fully saturated rings. The van der Waals surface area contributed by atoms with Gasteiger partial charge in [-0.1, -0.05) is 13.8 Å². The second-order valence-electron chi connectivity index (χ2n) is 3.64. The maximum Gasteiger partial charge on any atom is 0.182 e. The third kappa shape index (κ3) is 2.47. The summed E-state index contributed by atoms with van der Waals surface area (Å²) in [5.74, 6) is 0.433. The summed E-state index contributed by atoms with van der Waals surface area (Å²) in [4.78, 5) is 7.99. The minimum absolute atomic E-state index is 0.00143. The summed E-state index contributed by atoms with van der Waals surface area (Å²) in [6.07, 6.45) is 4.50. The normalized spacial score (nSPS) is 10.9. The van der Waals surface area contributed by atoms with Gasteiger partial charge in [-0.15, -0.1) is 0 Å². The summed E-state index contributed by atoms with van der Waals surface area (Å²) in [6.45, 7) is 3.96. The van der Waals surface area contributed by atoms with E-state index in [2.05, 4.69) is 15.3 Å². The molecule has 2 N–H and O–H groups in total. The van der Waals surface area contributed by atoms with E-state index in [1.54, 1.807) is 0 Å². The number of aliphatic hydroxyl groups excluding tert-OH is 1. The highest BCUT2D eigenvalue weighted by Gasteiger charge is 2.26. The molecule has 1 aromatic heterocycles. The molecule has 0 saturated heterocycles. The van der Waals surface area contributed by atoms with Gasteiger partial charge in [0.2, 0.25) is 0 Å². The third-order valence-electron chi connectivity index (χ3n) is 2.84. The van der Waals surface area contributed by atoms with E-state index in [1.165, 1.54) is 12.4 Å². The summed E-state index contributed by atoms with van der Waals surface area (Å²) in [5.41, 5.74) is -0.177. The Bertz CT molecular complexity index is 374. The van der Waals surface area contributed by atoms with Crippen molar-refractivity contribution in [2.75, 3.05) is 11.9 Å². The quantitative estimate of drug-likeness (QED) is 0.781. The van der Waals surface area contributed by atoms with Crippen LogP contribution >= 0.6 is 0 Å². The highest BCUT2D eigenvalue weighted by atomic mass is 16.3. The number of nitrogens with one attached hydrogen (secondary N) is 1. The molecule has 1 aromatic rings. The first-order chi connectivity index (χ1) is 7.71. The molecule has 0 aliphatic carbocycles. The molecule has 0 bridgehead atoms. The van der Waals surface area contributed by atoms with Crippen molar-refractivity contribution in [1.82, 2.24) is 9.97 Å². The minimum atomic E-state index is -0.429. The zero-order valence-electron chi connectivity index (χ0n) is 9.56. The highest BCUT2D eigenvalue weighted by Crippen LogP contribution is 2.21. The molecule has 5 heteroatoms. The Hall–Kier alpha value is -1.67. The van der Waals surface area contributed by atoms with Crippen LogP contribution in [-0.2, 0) is 0 Å². The van der Waals surface area contributed by atoms with Crippen LogP contribution in [0.1, 0.15) is 32.4 Å². The molecule has 0 saturated carbocycles. The topological polar surface area (TPSA) is 81.8 Å². The van der Waals surface area contributed by atoms with Crippen LogP contribution in [0, 0.1) is 11.3 Å². The van der Waals surface area contributed by atoms with Gasteiger partial charge in [0.05, 0.1) is 12.1 Å². The molecule has 86 valence electrons. The summed E-state index contributed by atoms with van der Waals surface area (Å²) >= 11 is 0. The van der Waals surface area contributed by atoms with E-state index in [4.69, 9.17) is 5.26 Å². The monoisotopic (exact) mass is 220 g/mol. The number of hydrogen-bond acceptors (Lipinski definition) is 5. The Labute approximate surface area is 95.2 Å². The molecule has 16 heavy (non-hydrogen) atoms. The van der Waals surface area contributed by atoms with Crippen molar-refractivity contribution in [3.63, 3.8) is 0 Å². The van der Waals surface area contributed by atoms with Gasteiger partial charge in [-0.05, 0) is 12.8 Å². The van der Waals surface area contributed by atoms with Crippen molar-refractivity contribution in [2.24, 2.45) is 0 Å². The largest absolute Gasteiger partial charge is 0.394 e. The Morgan fingerprint density at radius 1 is 1.38 bits per heavy atom. The first kappa shape index (κ1) is 12.4. The van der Waals surface area contributed by atoms with Crippen molar-refractivity contribution >= 4 is 5.82 Å². The van der Waals surface area contributed by atoms with Crippen molar-refractivity contribution in [1.29, 1.82) is 5.26 Å². The molecule has 0 amide bonds. The Morgan fingerprint density at radius 2 is 2.00 bits per heavy atom. The molecule has 0 aliphatic heterocycles. The number of aliphatic hydroxyl groups is 1. The number of aromatic nitrogens is 2. The average Bonchev–Trinajstić information content (AvgIpc) is 2.36. The first-order valence-corrected chi connectivity index (χ1v) is 5.31. The molecule has 0 unspecified atom stereocenters. The summed E-state index contributed by atoms with van der Waals surface area (Å²) in [7, 11) is 0. The van der Waals surface area contributed by atoms with E-state index >= 15 is 0 Å². The molecule has 1 heterocycles. The zero-order valence-corrected chi connectivity index (χ0v) is 9.56. The Morgan fingerprint density at radius 3 is 2.50 bits per heavy atom. The van der Waals surface area contributed by atoms with Crippen LogP contribution < -0.4 is 5.32 Å². The fourth-order valence-corrected chi connectivity index (χ4v) is 1.45. The smallest absolute Gasteiger partial charge is 0.182 e. The van der Waals surface area contributed by atoms with Crippen LogP contribution in [0.3, 0.4) is 0 Å². The van der Waals surface area contributed by atoms with Gasteiger partial charge < -0.3 is 10.4 Å². The number of nitriles is 1. The van der Waals surface area contributed by atoms with Crippen LogP contribution in [0.2, 0.25) is 0 Å². The number of rotatable bonds is 5. The van der Waals surface area contributed by atoms with E-state index < -0.39 is 5.54 Å². The lowest BCUT2D eigenvalue weighted by Gasteiger charge is -2.31. The molecular weight excluding hydrogens is 204 g/mol. The van der Waals surface area contributed by atoms with Crippen molar-refractivity contribution < 1.29 is 5.11 Å². The molecule has 0 aromatic carbocycles. The van der Waals surface area contributed by atoms with E-state index in [1.807, 2.05) is 19.9 Å². The van der Waals surface area contributed by atoms with Crippen LogP contribution in [-0.4, -0.2) is 27.2 Å². The predicted octanol–water partition coefficient (Wildman–Crippen LogP) is 1.31. The SMILES string of the molecule is CCC(CC)(CO)Nc1nccnc1C#N. The van der Waals surface area contributed by atoms with Gasteiger partial charge in [0.1, 0.15) is 6.07 Å². The van der Waals surface area contributed by atoms with E-state index in [9.17, 15) is 5.11 Å². The molecule has 5 nitrogen and oxygen atoms in total. The van der Waals surface area contributed by atoms with E-state index in [0.29, 0.717) is 5.82 Å². The highest BCUT2D eigenvalue weighted by molar-refractivity contribution is 5.48. The summed E-state index contributed by atoms with van der Waals surface area (Å²) < 4.78 is 0. The lowest BCUT2D eigenvalue weighted by molar-refractivity contribution is 0.202. The second kappa shape index (κ2) is 5.42. The summed E-state index contributed by atoms with van der Waals surface area (Å²) in [5, 5.41) is 21.4. The van der Waals surface area contributed by atoms with Crippen molar-refractivity contribution in [3.05, 3.63) is 18.1 Å². The van der Waals surface area contributed by atoms with E-state index in [0.717, 1.165) is 12.8 Å². The molecule has 0 spiro atoms. The number of nitrogens with zero attached hydrogens (tertiary/aromatic N) is 3.